The second kappa shape index (κ2) is 5.53. The van der Waals surface area contributed by atoms with E-state index in [-0.39, 0.29) is 5.91 Å². The van der Waals surface area contributed by atoms with Crippen LogP contribution in [-0.4, -0.2) is 53.5 Å². The monoisotopic (exact) mass is 339 g/mol. The Bertz CT molecular complexity index is 501. The third-order valence-corrected chi connectivity index (χ3v) is 4.96. The molecule has 1 amide bonds. The Morgan fingerprint density at radius 3 is 2.55 bits per heavy atom. The van der Waals surface area contributed by atoms with E-state index in [0.717, 1.165) is 36.1 Å². The minimum atomic E-state index is 0.164. The maximum atomic E-state index is 12.8. The van der Waals surface area contributed by atoms with E-state index in [9.17, 15) is 4.79 Å². The first-order valence-electron chi connectivity index (χ1n) is 7.39. The summed E-state index contributed by atoms with van der Waals surface area (Å²) in [6, 6.07) is 2.87. The van der Waals surface area contributed by atoms with Crippen LogP contribution in [0.5, 0.6) is 0 Å². The number of rotatable bonds is 3. The van der Waals surface area contributed by atoms with Crippen LogP contribution >= 0.6 is 15.9 Å². The van der Waals surface area contributed by atoms with Gasteiger partial charge in [-0.05, 0) is 67.8 Å². The number of amides is 1. The average Bonchev–Trinajstić information content (AvgIpc) is 3.21. The molecule has 5 heteroatoms. The van der Waals surface area contributed by atoms with Crippen molar-refractivity contribution in [3.63, 3.8) is 0 Å². The van der Waals surface area contributed by atoms with Gasteiger partial charge in [0.05, 0.1) is 0 Å². The maximum Gasteiger partial charge on any atom is 0.270 e. The molecule has 1 aromatic heterocycles. The molecule has 20 heavy (non-hydrogen) atoms. The second-order valence-electron chi connectivity index (χ2n) is 6.13. The molecule has 4 nitrogen and oxygen atoms in total. The SMILES string of the molecule is CN1CCC(N(C)C(=O)c2cc(Br)cn2C2CC2)CC1. The molecule has 3 rings (SSSR count). The highest BCUT2D eigenvalue weighted by Gasteiger charge is 2.31. The molecular formula is C15H22BrN3O. The average molecular weight is 340 g/mol. The van der Waals surface area contributed by atoms with Gasteiger partial charge in [-0.3, -0.25) is 4.79 Å². The molecule has 1 saturated carbocycles. The van der Waals surface area contributed by atoms with Crippen molar-refractivity contribution < 1.29 is 4.79 Å². The summed E-state index contributed by atoms with van der Waals surface area (Å²) in [4.78, 5) is 17.0. The van der Waals surface area contributed by atoms with Gasteiger partial charge in [0.2, 0.25) is 0 Å². The van der Waals surface area contributed by atoms with Crippen LogP contribution in [0.15, 0.2) is 16.7 Å². The molecule has 1 aliphatic carbocycles. The number of halogens is 1. The van der Waals surface area contributed by atoms with Crippen LogP contribution in [0.25, 0.3) is 0 Å². The van der Waals surface area contributed by atoms with Gasteiger partial charge in [0.25, 0.3) is 5.91 Å². The molecule has 0 N–H and O–H groups in total. The van der Waals surface area contributed by atoms with Crippen molar-refractivity contribution in [3.05, 3.63) is 22.4 Å². The first kappa shape index (κ1) is 14.1. The Labute approximate surface area is 128 Å². The first-order chi connectivity index (χ1) is 9.56. The molecule has 0 unspecified atom stereocenters. The third kappa shape index (κ3) is 2.79. The van der Waals surface area contributed by atoms with Crippen LogP contribution in [0, 0.1) is 0 Å². The summed E-state index contributed by atoms with van der Waals surface area (Å²) in [5.74, 6) is 0.164. The summed E-state index contributed by atoms with van der Waals surface area (Å²) in [6.45, 7) is 2.16. The van der Waals surface area contributed by atoms with E-state index in [4.69, 9.17) is 0 Å². The molecule has 1 aromatic rings. The Balaban J connectivity index is 1.74. The van der Waals surface area contributed by atoms with Gasteiger partial charge in [-0.1, -0.05) is 0 Å². The summed E-state index contributed by atoms with van der Waals surface area (Å²) >= 11 is 3.50. The number of carbonyl (C=O) groups excluding carboxylic acids is 1. The van der Waals surface area contributed by atoms with Crippen LogP contribution < -0.4 is 0 Å². The molecule has 1 saturated heterocycles. The topological polar surface area (TPSA) is 28.5 Å². The van der Waals surface area contributed by atoms with Gasteiger partial charge in [-0.25, -0.2) is 0 Å². The molecule has 0 atom stereocenters. The van der Waals surface area contributed by atoms with Gasteiger partial charge in [0.1, 0.15) is 5.69 Å². The predicted molar refractivity (Wildman–Crippen MR) is 83.0 cm³/mol. The van der Waals surface area contributed by atoms with Crippen molar-refractivity contribution in [2.45, 2.75) is 37.8 Å². The minimum Gasteiger partial charge on any atom is -0.339 e. The number of hydrogen-bond acceptors (Lipinski definition) is 2. The molecule has 2 heterocycles. The van der Waals surface area contributed by atoms with Gasteiger partial charge in [0, 0.05) is 29.8 Å². The molecule has 2 aliphatic rings. The predicted octanol–water partition coefficient (Wildman–Crippen LogP) is 2.75. The maximum absolute atomic E-state index is 12.8. The highest BCUT2D eigenvalue weighted by Crippen LogP contribution is 2.37. The lowest BCUT2D eigenvalue weighted by Gasteiger charge is -2.35. The van der Waals surface area contributed by atoms with Crippen molar-refractivity contribution >= 4 is 21.8 Å². The van der Waals surface area contributed by atoms with Crippen LogP contribution in [0.1, 0.15) is 42.2 Å². The van der Waals surface area contributed by atoms with E-state index in [1.807, 2.05) is 24.2 Å². The van der Waals surface area contributed by atoms with Crippen molar-refractivity contribution in [2.24, 2.45) is 0 Å². The zero-order valence-electron chi connectivity index (χ0n) is 12.2. The Morgan fingerprint density at radius 1 is 1.30 bits per heavy atom. The molecule has 1 aliphatic heterocycles. The van der Waals surface area contributed by atoms with Gasteiger partial charge in [-0.2, -0.15) is 0 Å². The number of hydrogen-bond donors (Lipinski definition) is 0. The Kier molecular flexibility index (Phi) is 3.91. The van der Waals surface area contributed by atoms with E-state index >= 15 is 0 Å². The van der Waals surface area contributed by atoms with Crippen LogP contribution in [0.4, 0.5) is 0 Å². The molecule has 0 bridgehead atoms. The summed E-state index contributed by atoms with van der Waals surface area (Å²) in [5, 5.41) is 0. The molecule has 0 aromatic carbocycles. The first-order valence-corrected chi connectivity index (χ1v) is 8.18. The van der Waals surface area contributed by atoms with Crippen LogP contribution in [-0.2, 0) is 0 Å². The fourth-order valence-electron chi connectivity index (χ4n) is 3.00. The Morgan fingerprint density at radius 2 is 1.95 bits per heavy atom. The van der Waals surface area contributed by atoms with Gasteiger partial charge >= 0.3 is 0 Å². The second-order valence-corrected chi connectivity index (χ2v) is 7.05. The number of likely N-dealkylation sites (tertiary alicyclic amines) is 1. The lowest BCUT2D eigenvalue weighted by Crippen LogP contribution is -2.44. The minimum absolute atomic E-state index is 0.164. The van der Waals surface area contributed by atoms with E-state index in [2.05, 4.69) is 32.4 Å². The molecule has 0 radical (unpaired) electrons. The summed E-state index contributed by atoms with van der Waals surface area (Å²) < 4.78 is 3.15. The fraction of sp³-hybridized carbons (Fsp3) is 0.667. The molecule has 2 fully saturated rings. The summed E-state index contributed by atoms with van der Waals surface area (Å²) in [5.41, 5.74) is 0.834. The lowest BCUT2D eigenvalue weighted by molar-refractivity contribution is 0.0648. The van der Waals surface area contributed by atoms with E-state index in [1.54, 1.807) is 0 Å². The largest absolute Gasteiger partial charge is 0.339 e. The van der Waals surface area contributed by atoms with E-state index < -0.39 is 0 Å². The number of aromatic nitrogens is 1. The van der Waals surface area contributed by atoms with Crippen molar-refractivity contribution in [1.82, 2.24) is 14.4 Å². The zero-order chi connectivity index (χ0) is 14.3. The highest BCUT2D eigenvalue weighted by atomic mass is 79.9. The summed E-state index contributed by atoms with van der Waals surface area (Å²) in [6.07, 6.45) is 6.58. The van der Waals surface area contributed by atoms with Crippen LogP contribution in [0.3, 0.4) is 0 Å². The zero-order valence-corrected chi connectivity index (χ0v) is 13.8. The standard InChI is InChI=1S/C15H22BrN3O/c1-17-7-5-12(6-8-17)18(2)15(20)14-9-11(16)10-19(14)13-3-4-13/h9-10,12-13H,3-8H2,1-2H3. The van der Waals surface area contributed by atoms with Crippen molar-refractivity contribution in [1.29, 1.82) is 0 Å². The normalized spacial score (nSPS) is 21.1. The Hall–Kier alpha value is -0.810. The highest BCUT2D eigenvalue weighted by molar-refractivity contribution is 9.10. The van der Waals surface area contributed by atoms with Gasteiger partial charge < -0.3 is 14.4 Å². The van der Waals surface area contributed by atoms with Gasteiger partial charge in [0.15, 0.2) is 0 Å². The number of nitrogens with zero attached hydrogens (tertiary/aromatic N) is 3. The molecule has 0 spiro atoms. The summed E-state index contributed by atoms with van der Waals surface area (Å²) in [7, 11) is 4.10. The lowest BCUT2D eigenvalue weighted by atomic mass is 10.0. The van der Waals surface area contributed by atoms with Crippen LogP contribution in [0.2, 0.25) is 0 Å². The van der Waals surface area contributed by atoms with Gasteiger partial charge in [-0.15, -0.1) is 0 Å². The number of piperidine rings is 1. The third-order valence-electron chi connectivity index (χ3n) is 4.53. The number of carbonyl (C=O) groups is 1. The van der Waals surface area contributed by atoms with Crippen molar-refractivity contribution in [2.75, 3.05) is 27.2 Å². The van der Waals surface area contributed by atoms with E-state index in [1.165, 1.54) is 12.8 Å². The van der Waals surface area contributed by atoms with Crippen molar-refractivity contribution in [3.8, 4) is 0 Å². The fourth-order valence-corrected chi connectivity index (χ4v) is 3.44. The molecule has 110 valence electrons. The molecular weight excluding hydrogens is 318 g/mol. The smallest absolute Gasteiger partial charge is 0.270 e. The quantitative estimate of drug-likeness (QED) is 0.847. The van der Waals surface area contributed by atoms with E-state index in [0.29, 0.717) is 12.1 Å².